The van der Waals surface area contributed by atoms with Gasteiger partial charge in [-0.1, -0.05) is 12.1 Å². The van der Waals surface area contributed by atoms with Crippen LogP contribution in [0.3, 0.4) is 0 Å². The summed E-state index contributed by atoms with van der Waals surface area (Å²) < 4.78 is 5.51. The predicted molar refractivity (Wildman–Crippen MR) is 70.5 cm³/mol. The van der Waals surface area contributed by atoms with Crippen LogP contribution in [0.2, 0.25) is 0 Å². The van der Waals surface area contributed by atoms with Crippen LogP contribution >= 0.6 is 0 Å². The molecule has 1 N–H and O–H groups in total. The Morgan fingerprint density at radius 1 is 1.22 bits per heavy atom. The van der Waals surface area contributed by atoms with E-state index in [1.54, 1.807) is 12.4 Å². The zero-order chi connectivity index (χ0) is 12.8. The summed E-state index contributed by atoms with van der Waals surface area (Å²) in [5.74, 6) is 1.62. The third kappa shape index (κ3) is 2.84. The van der Waals surface area contributed by atoms with Crippen molar-refractivity contribution in [1.29, 1.82) is 0 Å². The SMILES string of the molecule is CCOc1cccc(C(NC)c2ncccn2)c1. The molecule has 0 spiro atoms. The minimum absolute atomic E-state index is 0.0217. The van der Waals surface area contributed by atoms with Gasteiger partial charge in [0.1, 0.15) is 11.6 Å². The van der Waals surface area contributed by atoms with Gasteiger partial charge >= 0.3 is 0 Å². The van der Waals surface area contributed by atoms with E-state index in [4.69, 9.17) is 4.74 Å². The molecule has 4 nitrogen and oxygen atoms in total. The maximum absolute atomic E-state index is 5.51. The van der Waals surface area contributed by atoms with Gasteiger partial charge in [0.25, 0.3) is 0 Å². The number of ether oxygens (including phenoxy) is 1. The molecule has 0 aliphatic rings. The lowest BCUT2D eigenvalue weighted by atomic mass is 10.1. The van der Waals surface area contributed by atoms with Gasteiger partial charge in [-0.15, -0.1) is 0 Å². The molecule has 4 heteroatoms. The van der Waals surface area contributed by atoms with Crippen LogP contribution in [-0.4, -0.2) is 23.6 Å². The molecule has 94 valence electrons. The Labute approximate surface area is 107 Å². The first-order valence-corrected chi connectivity index (χ1v) is 6.02. The molecular formula is C14H17N3O. The van der Waals surface area contributed by atoms with Crippen LogP contribution in [0, 0.1) is 0 Å². The maximum atomic E-state index is 5.51. The Kier molecular flexibility index (Phi) is 4.25. The highest BCUT2D eigenvalue weighted by Crippen LogP contribution is 2.22. The molecule has 1 heterocycles. The number of rotatable bonds is 5. The minimum Gasteiger partial charge on any atom is -0.494 e. The standard InChI is InChI=1S/C14H17N3O/c1-3-18-12-7-4-6-11(10-12)13(15-2)14-16-8-5-9-17-14/h4-10,13,15H,3H2,1-2H3. The highest BCUT2D eigenvalue weighted by atomic mass is 16.5. The quantitative estimate of drug-likeness (QED) is 0.874. The third-order valence-corrected chi connectivity index (χ3v) is 2.64. The lowest BCUT2D eigenvalue weighted by Crippen LogP contribution is -2.20. The normalized spacial score (nSPS) is 12.1. The van der Waals surface area contributed by atoms with Crippen LogP contribution in [0.4, 0.5) is 0 Å². The average Bonchev–Trinajstić information content (AvgIpc) is 2.42. The largest absolute Gasteiger partial charge is 0.494 e. The van der Waals surface area contributed by atoms with E-state index in [0.29, 0.717) is 6.61 Å². The van der Waals surface area contributed by atoms with Gasteiger partial charge in [0.2, 0.25) is 0 Å². The summed E-state index contributed by atoms with van der Waals surface area (Å²) in [7, 11) is 1.90. The maximum Gasteiger partial charge on any atom is 0.149 e. The molecule has 0 amide bonds. The molecule has 0 saturated heterocycles. The van der Waals surface area contributed by atoms with Crippen molar-refractivity contribution in [2.45, 2.75) is 13.0 Å². The number of nitrogens with one attached hydrogen (secondary N) is 1. The van der Waals surface area contributed by atoms with E-state index in [9.17, 15) is 0 Å². The van der Waals surface area contributed by atoms with Crippen molar-refractivity contribution in [3.63, 3.8) is 0 Å². The number of hydrogen-bond acceptors (Lipinski definition) is 4. The van der Waals surface area contributed by atoms with E-state index >= 15 is 0 Å². The molecule has 0 bridgehead atoms. The van der Waals surface area contributed by atoms with E-state index < -0.39 is 0 Å². The highest BCUT2D eigenvalue weighted by molar-refractivity contribution is 5.33. The van der Waals surface area contributed by atoms with Crippen molar-refractivity contribution >= 4 is 0 Å². The monoisotopic (exact) mass is 243 g/mol. The van der Waals surface area contributed by atoms with Crippen LogP contribution in [0.5, 0.6) is 5.75 Å². The average molecular weight is 243 g/mol. The van der Waals surface area contributed by atoms with Crippen molar-refractivity contribution in [3.05, 3.63) is 54.1 Å². The van der Waals surface area contributed by atoms with Crippen molar-refractivity contribution in [2.75, 3.05) is 13.7 Å². The van der Waals surface area contributed by atoms with Gasteiger partial charge < -0.3 is 10.1 Å². The number of nitrogens with zero attached hydrogens (tertiary/aromatic N) is 2. The molecule has 0 radical (unpaired) electrons. The molecule has 1 aromatic heterocycles. The molecule has 0 saturated carbocycles. The van der Waals surface area contributed by atoms with Crippen LogP contribution in [-0.2, 0) is 0 Å². The van der Waals surface area contributed by atoms with Gasteiger partial charge in [-0.2, -0.15) is 0 Å². The molecule has 0 aliphatic heterocycles. The van der Waals surface area contributed by atoms with Crippen molar-refractivity contribution in [2.24, 2.45) is 0 Å². The first kappa shape index (κ1) is 12.5. The Morgan fingerprint density at radius 2 is 2.00 bits per heavy atom. The van der Waals surface area contributed by atoms with Gasteiger partial charge in [0, 0.05) is 12.4 Å². The number of benzene rings is 1. The van der Waals surface area contributed by atoms with E-state index in [1.807, 2.05) is 44.3 Å². The predicted octanol–water partition coefficient (Wildman–Crippen LogP) is 2.18. The minimum atomic E-state index is -0.0217. The highest BCUT2D eigenvalue weighted by Gasteiger charge is 2.14. The summed E-state index contributed by atoms with van der Waals surface area (Å²) in [6.07, 6.45) is 3.50. The van der Waals surface area contributed by atoms with Gasteiger partial charge in [-0.05, 0) is 37.7 Å². The summed E-state index contributed by atoms with van der Waals surface area (Å²) in [5.41, 5.74) is 1.09. The lowest BCUT2D eigenvalue weighted by molar-refractivity contribution is 0.339. The smallest absolute Gasteiger partial charge is 0.149 e. The van der Waals surface area contributed by atoms with Crippen LogP contribution in [0.1, 0.15) is 24.4 Å². The Morgan fingerprint density at radius 3 is 2.67 bits per heavy atom. The summed E-state index contributed by atoms with van der Waals surface area (Å²) in [4.78, 5) is 8.58. The van der Waals surface area contributed by atoms with Crippen LogP contribution in [0.15, 0.2) is 42.7 Å². The van der Waals surface area contributed by atoms with Crippen LogP contribution < -0.4 is 10.1 Å². The molecule has 1 atom stereocenters. The van der Waals surface area contributed by atoms with E-state index in [-0.39, 0.29) is 6.04 Å². The fraction of sp³-hybridized carbons (Fsp3) is 0.286. The van der Waals surface area contributed by atoms with Crippen LogP contribution in [0.25, 0.3) is 0 Å². The second kappa shape index (κ2) is 6.12. The van der Waals surface area contributed by atoms with Crippen molar-refractivity contribution in [1.82, 2.24) is 15.3 Å². The molecule has 2 aromatic rings. The molecule has 18 heavy (non-hydrogen) atoms. The molecule has 1 aromatic carbocycles. The fourth-order valence-corrected chi connectivity index (χ4v) is 1.86. The van der Waals surface area contributed by atoms with E-state index in [0.717, 1.165) is 17.1 Å². The van der Waals surface area contributed by atoms with Gasteiger partial charge in [-0.25, -0.2) is 9.97 Å². The molecule has 0 aliphatic carbocycles. The molecule has 1 unspecified atom stereocenters. The third-order valence-electron chi connectivity index (χ3n) is 2.64. The fourth-order valence-electron chi connectivity index (χ4n) is 1.86. The van der Waals surface area contributed by atoms with Gasteiger partial charge in [0.15, 0.2) is 0 Å². The molecular weight excluding hydrogens is 226 g/mol. The Hall–Kier alpha value is -1.94. The number of aromatic nitrogens is 2. The van der Waals surface area contributed by atoms with Gasteiger partial charge in [0.05, 0.1) is 12.6 Å². The van der Waals surface area contributed by atoms with Crippen molar-refractivity contribution < 1.29 is 4.74 Å². The second-order valence-corrected chi connectivity index (χ2v) is 3.83. The first-order valence-electron chi connectivity index (χ1n) is 6.02. The summed E-state index contributed by atoms with van der Waals surface area (Å²) in [5, 5.41) is 3.22. The Bertz CT molecular complexity index is 487. The second-order valence-electron chi connectivity index (χ2n) is 3.83. The number of hydrogen-bond donors (Lipinski definition) is 1. The summed E-state index contributed by atoms with van der Waals surface area (Å²) in [6, 6.07) is 9.78. The zero-order valence-electron chi connectivity index (χ0n) is 10.6. The topological polar surface area (TPSA) is 47.0 Å². The van der Waals surface area contributed by atoms with Crippen molar-refractivity contribution in [3.8, 4) is 5.75 Å². The van der Waals surface area contributed by atoms with Gasteiger partial charge in [-0.3, -0.25) is 0 Å². The summed E-state index contributed by atoms with van der Waals surface area (Å²) in [6.45, 7) is 2.64. The lowest BCUT2D eigenvalue weighted by Gasteiger charge is -2.15. The summed E-state index contributed by atoms with van der Waals surface area (Å²) >= 11 is 0. The molecule has 2 rings (SSSR count). The Balaban J connectivity index is 2.30. The van der Waals surface area contributed by atoms with E-state index in [2.05, 4.69) is 15.3 Å². The molecule has 0 fully saturated rings. The zero-order valence-corrected chi connectivity index (χ0v) is 10.6. The first-order chi connectivity index (χ1) is 8.85. The van der Waals surface area contributed by atoms with E-state index in [1.165, 1.54) is 0 Å².